The van der Waals surface area contributed by atoms with Gasteiger partial charge < -0.3 is 24.2 Å². The predicted octanol–water partition coefficient (Wildman–Crippen LogP) is 5.59. The first-order valence-electron chi connectivity index (χ1n) is 13.6. The van der Waals surface area contributed by atoms with Crippen molar-refractivity contribution in [3.05, 3.63) is 65.7 Å². The summed E-state index contributed by atoms with van der Waals surface area (Å²) in [6, 6.07) is 7.54. The number of nitrogens with zero attached hydrogens (tertiary/aromatic N) is 3. The molecule has 1 unspecified atom stereocenters. The number of phenols is 1. The molecule has 0 spiro atoms. The van der Waals surface area contributed by atoms with Crippen LogP contribution in [0.15, 0.2) is 48.8 Å². The third-order valence-corrected chi connectivity index (χ3v) is 9.19. The van der Waals surface area contributed by atoms with E-state index < -0.39 is 44.2 Å². The van der Waals surface area contributed by atoms with Gasteiger partial charge in [0.1, 0.15) is 17.1 Å². The highest BCUT2D eigenvalue weighted by Crippen LogP contribution is 2.45. The summed E-state index contributed by atoms with van der Waals surface area (Å²) in [5.74, 6) is -2.27. The molecule has 0 aliphatic rings. The number of amides is 1. The van der Waals surface area contributed by atoms with Crippen molar-refractivity contribution in [2.24, 2.45) is 0 Å². The smallest absolute Gasteiger partial charge is 0.412 e. The Morgan fingerprint density at radius 2 is 1.84 bits per heavy atom. The molecule has 0 radical (unpaired) electrons. The summed E-state index contributed by atoms with van der Waals surface area (Å²) in [7, 11) is -2.94. The highest BCUT2D eigenvalue weighted by Gasteiger charge is 2.36. The van der Waals surface area contributed by atoms with Crippen molar-refractivity contribution >= 4 is 40.9 Å². The molecule has 3 N–H and O–H groups in total. The van der Waals surface area contributed by atoms with Gasteiger partial charge in [0, 0.05) is 43.2 Å². The monoisotopic (exact) mass is 638 g/mol. The van der Waals surface area contributed by atoms with Crippen LogP contribution in [-0.4, -0.2) is 74.9 Å². The van der Waals surface area contributed by atoms with E-state index in [9.17, 15) is 41.9 Å². The third kappa shape index (κ3) is 7.20. The summed E-state index contributed by atoms with van der Waals surface area (Å²) in [6.45, 7) is 0.808. The highest BCUT2D eigenvalue weighted by atomic mass is 31.2. The average molecular weight is 639 g/mol. The number of Topliss-reactive ketones (excluding diaryl/α,β-unsaturated/α-hetero) is 1. The lowest BCUT2D eigenvalue weighted by atomic mass is 10.00. The van der Waals surface area contributed by atoms with Crippen LogP contribution in [0.3, 0.4) is 0 Å². The van der Waals surface area contributed by atoms with E-state index in [-0.39, 0.29) is 64.2 Å². The van der Waals surface area contributed by atoms with E-state index in [0.717, 1.165) is 4.90 Å². The molecule has 236 valence electrons. The van der Waals surface area contributed by atoms with Gasteiger partial charge in [0.2, 0.25) is 5.88 Å². The van der Waals surface area contributed by atoms with E-state index in [2.05, 4.69) is 10.1 Å². The summed E-state index contributed by atoms with van der Waals surface area (Å²) in [4.78, 5) is 31.3. The van der Waals surface area contributed by atoms with Gasteiger partial charge in [-0.1, -0.05) is 25.1 Å². The number of benzene rings is 2. The highest BCUT2D eigenvalue weighted by molar-refractivity contribution is 7.57. The molecule has 0 saturated carbocycles. The molecule has 2 aromatic heterocycles. The molecule has 44 heavy (non-hydrogen) atoms. The lowest BCUT2D eigenvalue weighted by molar-refractivity contribution is -0.153. The van der Waals surface area contributed by atoms with E-state index in [1.165, 1.54) is 67.3 Å². The van der Waals surface area contributed by atoms with Crippen LogP contribution in [-0.2, 0) is 20.4 Å². The fourth-order valence-electron chi connectivity index (χ4n) is 4.76. The molecule has 4 aromatic rings. The average Bonchev–Trinajstić information content (AvgIpc) is 3.30. The number of phenolic OH excluding ortho intramolecular Hbond substituents is 1. The Balaban J connectivity index is 1.70. The van der Waals surface area contributed by atoms with Gasteiger partial charge in [-0.05, 0) is 30.7 Å². The number of alkyl halides is 3. The van der Waals surface area contributed by atoms with Crippen LogP contribution in [0.4, 0.5) is 17.6 Å². The minimum Gasteiger partial charge on any atom is -0.505 e. The number of rotatable bonds is 12. The zero-order chi connectivity index (χ0) is 32.4. The van der Waals surface area contributed by atoms with Crippen LogP contribution in [0.25, 0.3) is 21.7 Å². The summed E-state index contributed by atoms with van der Waals surface area (Å²) < 4.78 is 71.8. The van der Waals surface area contributed by atoms with Crippen LogP contribution >= 0.6 is 7.52 Å². The maximum Gasteiger partial charge on any atom is 0.412 e. The van der Waals surface area contributed by atoms with E-state index in [1.807, 2.05) is 0 Å². The lowest BCUT2D eigenvalue weighted by Crippen LogP contribution is -2.36. The number of fused-ring (bicyclic) bond motifs is 2. The fourth-order valence-corrected chi connectivity index (χ4v) is 6.74. The van der Waals surface area contributed by atoms with Crippen molar-refractivity contribution in [3.8, 4) is 11.6 Å². The van der Waals surface area contributed by atoms with E-state index in [1.54, 1.807) is 6.92 Å². The number of aromatic hydroxyl groups is 2. The first kappa shape index (κ1) is 32.9. The van der Waals surface area contributed by atoms with Crippen molar-refractivity contribution in [2.75, 3.05) is 26.4 Å². The first-order valence-corrected chi connectivity index (χ1v) is 15.4. The Morgan fingerprint density at radius 3 is 2.48 bits per heavy atom. The first-order chi connectivity index (χ1) is 20.6. The van der Waals surface area contributed by atoms with Gasteiger partial charge in [-0.2, -0.15) is 13.2 Å². The molecule has 0 aliphatic heterocycles. The number of ketones is 1. The zero-order valence-electron chi connectivity index (χ0n) is 24.1. The topological polar surface area (TPSA) is 134 Å². The molecule has 1 amide bonds. The largest absolute Gasteiger partial charge is 0.505 e. The Kier molecular flexibility index (Phi) is 9.67. The SMILES string of the molecule is CCC(=O)[C@H](C)NP(=O)(CCN(C)C(=O)c1c2cccnc2c(O)c2c(O)n(Cc3ccc(F)cc3)cc12)OCC(F)(F)F. The molecule has 4 rings (SSSR count). The van der Waals surface area contributed by atoms with Crippen LogP contribution in [0.1, 0.15) is 36.2 Å². The molecule has 2 atom stereocenters. The van der Waals surface area contributed by atoms with Crippen molar-refractivity contribution in [2.45, 2.75) is 39.0 Å². The number of carbonyl (C=O) groups excluding carboxylic acids is 2. The Bertz CT molecular complexity index is 1740. The van der Waals surface area contributed by atoms with Crippen LogP contribution in [0, 0.1) is 5.82 Å². The van der Waals surface area contributed by atoms with E-state index in [0.29, 0.717) is 5.56 Å². The normalized spacial score (nSPS) is 14.1. The van der Waals surface area contributed by atoms with Crippen molar-refractivity contribution in [3.63, 3.8) is 0 Å². The summed E-state index contributed by atoms with van der Waals surface area (Å²) in [5.41, 5.74) is 0.650. The molecule has 0 aliphatic carbocycles. The van der Waals surface area contributed by atoms with E-state index in [4.69, 9.17) is 4.52 Å². The number of carbonyl (C=O) groups is 2. The molecule has 10 nitrogen and oxygen atoms in total. The number of halogens is 4. The predicted molar refractivity (Wildman–Crippen MR) is 155 cm³/mol. The summed E-state index contributed by atoms with van der Waals surface area (Å²) in [6.07, 6.45) is -2.46. The second-order valence-corrected chi connectivity index (χ2v) is 12.6. The Labute approximate surface area is 249 Å². The summed E-state index contributed by atoms with van der Waals surface area (Å²) >= 11 is 0. The quantitative estimate of drug-likeness (QED) is 0.135. The Hall–Kier alpha value is -4.00. The zero-order valence-corrected chi connectivity index (χ0v) is 25.0. The maximum absolute atomic E-state index is 13.9. The molecule has 15 heteroatoms. The van der Waals surface area contributed by atoms with Gasteiger partial charge in [0.25, 0.3) is 13.4 Å². The van der Waals surface area contributed by atoms with Crippen molar-refractivity contribution in [1.29, 1.82) is 0 Å². The summed E-state index contributed by atoms with van der Waals surface area (Å²) in [5, 5.41) is 24.8. The van der Waals surface area contributed by atoms with Crippen LogP contribution < -0.4 is 5.09 Å². The van der Waals surface area contributed by atoms with Crippen LogP contribution in [0.5, 0.6) is 11.6 Å². The molecule has 0 saturated heterocycles. The second-order valence-electron chi connectivity index (χ2n) is 10.3. The van der Waals surface area contributed by atoms with Gasteiger partial charge >= 0.3 is 6.18 Å². The lowest BCUT2D eigenvalue weighted by Gasteiger charge is -2.26. The van der Waals surface area contributed by atoms with Gasteiger partial charge in [-0.3, -0.25) is 19.1 Å². The molecule has 0 fully saturated rings. The minimum absolute atomic E-state index is 0.0133. The van der Waals surface area contributed by atoms with Crippen LogP contribution in [0.2, 0.25) is 0 Å². The molecule has 2 heterocycles. The number of aromatic nitrogens is 2. The maximum atomic E-state index is 13.9. The number of nitrogens with one attached hydrogen (secondary N) is 1. The van der Waals surface area contributed by atoms with Gasteiger partial charge in [0.05, 0.1) is 29.7 Å². The molecule has 2 aromatic carbocycles. The van der Waals surface area contributed by atoms with Gasteiger partial charge in [0.15, 0.2) is 12.4 Å². The molecular weight excluding hydrogens is 607 g/mol. The number of pyridine rings is 1. The van der Waals surface area contributed by atoms with Crippen molar-refractivity contribution < 1.29 is 46.5 Å². The number of hydrogen-bond acceptors (Lipinski definition) is 7. The third-order valence-electron chi connectivity index (χ3n) is 7.07. The Morgan fingerprint density at radius 1 is 1.16 bits per heavy atom. The fraction of sp³-hybridized carbons (Fsp3) is 0.345. The van der Waals surface area contributed by atoms with Gasteiger partial charge in [-0.15, -0.1) is 0 Å². The van der Waals surface area contributed by atoms with E-state index >= 15 is 0 Å². The molecule has 0 bridgehead atoms. The molecular formula is C29H31F4N4O6P. The standard InChI is InChI=1S/C29H31F4N4O6P/c1-4-22(38)17(2)35-44(42,43-16-29(31,32)33)13-12-36(3)27(40)23-20-6-5-11-34-25(20)26(39)24-21(23)15-37(28(24)41)14-18-7-9-19(30)10-8-18/h5-11,15,17,39,41H,4,12-14,16H2,1-3H3,(H,35,42)/t17-,44?/m0/s1. The second kappa shape index (κ2) is 12.9. The minimum atomic E-state index is -4.79. The van der Waals surface area contributed by atoms with Crippen molar-refractivity contribution in [1.82, 2.24) is 19.5 Å². The van der Waals surface area contributed by atoms with Gasteiger partial charge in [-0.25, -0.2) is 9.48 Å². The number of hydrogen-bond donors (Lipinski definition) is 3.